The lowest BCUT2D eigenvalue weighted by Gasteiger charge is -2.19. The molecule has 0 aliphatic rings. The van der Waals surface area contributed by atoms with E-state index in [2.05, 4.69) is 5.10 Å². The van der Waals surface area contributed by atoms with Gasteiger partial charge in [-0.15, -0.1) is 0 Å². The third-order valence-corrected chi connectivity index (χ3v) is 6.29. The van der Waals surface area contributed by atoms with E-state index in [-0.39, 0.29) is 16.5 Å². The zero-order chi connectivity index (χ0) is 17.4. The van der Waals surface area contributed by atoms with Crippen LogP contribution in [0.5, 0.6) is 0 Å². The van der Waals surface area contributed by atoms with Crippen LogP contribution in [0.25, 0.3) is 0 Å². The minimum Gasteiger partial charge on any atom is -0.272 e. The molecule has 0 aliphatic heterocycles. The van der Waals surface area contributed by atoms with Crippen LogP contribution in [-0.2, 0) is 30.0 Å². The van der Waals surface area contributed by atoms with Crippen molar-refractivity contribution in [3.63, 3.8) is 0 Å². The number of hydrogen-bond acceptors (Lipinski definition) is 3. The van der Waals surface area contributed by atoms with E-state index in [9.17, 15) is 8.42 Å². The Labute approximate surface area is 146 Å². The fraction of sp³-hybridized carbons (Fsp3) is 0.400. The van der Waals surface area contributed by atoms with E-state index in [0.717, 1.165) is 23.4 Å². The fourth-order valence-corrected chi connectivity index (χ4v) is 4.42. The van der Waals surface area contributed by atoms with Crippen LogP contribution in [0.1, 0.15) is 23.9 Å². The molecular formula is C15H19Cl2N3O2S. The minimum absolute atomic E-state index is 0.00811. The Morgan fingerprint density at radius 2 is 1.96 bits per heavy atom. The standard InChI is InChI=1S/C15H19Cl2N3O2S/c1-5-14-12(10(2)18-20(14)4)9-19(3)23(21,22)15-8-11(16)6-7-13(15)17/h6-8H,5,9H2,1-4H3. The van der Waals surface area contributed by atoms with Crippen molar-refractivity contribution in [1.82, 2.24) is 14.1 Å². The van der Waals surface area contributed by atoms with Crippen LogP contribution >= 0.6 is 23.2 Å². The molecule has 1 aromatic heterocycles. The normalized spacial score (nSPS) is 12.1. The van der Waals surface area contributed by atoms with E-state index >= 15 is 0 Å². The number of rotatable bonds is 5. The highest BCUT2D eigenvalue weighted by Gasteiger charge is 2.26. The largest absolute Gasteiger partial charge is 0.272 e. The van der Waals surface area contributed by atoms with Crippen molar-refractivity contribution in [2.75, 3.05) is 7.05 Å². The van der Waals surface area contributed by atoms with Crippen molar-refractivity contribution in [2.24, 2.45) is 7.05 Å². The van der Waals surface area contributed by atoms with Gasteiger partial charge in [-0.25, -0.2) is 8.42 Å². The second kappa shape index (κ2) is 6.81. The summed E-state index contributed by atoms with van der Waals surface area (Å²) in [6.45, 7) is 4.12. The van der Waals surface area contributed by atoms with E-state index in [1.807, 2.05) is 20.9 Å². The predicted octanol–water partition coefficient (Wildman–Crippen LogP) is 3.42. The van der Waals surface area contributed by atoms with Crippen molar-refractivity contribution in [2.45, 2.75) is 31.7 Å². The zero-order valence-electron chi connectivity index (χ0n) is 13.5. The van der Waals surface area contributed by atoms with Crippen LogP contribution in [0.3, 0.4) is 0 Å². The SMILES string of the molecule is CCc1c(CN(C)S(=O)(=O)c2cc(Cl)ccc2Cl)c(C)nn1C. The van der Waals surface area contributed by atoms with Crippen LogP contribution in [0.4, 0.5) is 0 Å². The molecule has 2 rings (SSSR count). The van der Waals surface area contributed by atoms with E-state index < -0.39 is 10.0 Å². The molecule has 0 fully saturated rings. The summed E-state index contributed by atoms with van der Waals surface area (Å²) in [4.78, 5) is 0.00811. The molecule has 0 N–H and O–H groups in total. The number of hydrogen-bond donors (Lipinski definition) is 0. The molecule has 0 aliphatic carbocycles. The summed E-state index contributed by atoms with van der Waals surface area (Å²) in [6, 6.07) is 4.41. The van der Waals surface area contributed by atoms with Crippen molar-refractivity contribution >= 4 is 33.2 Å². The number of halogens is 2. The Balaban J connectivity index is 2.40. The molecule has 126 valence electrons. The summed E-state index contributed by atoms with van der Waals surface area (Å²) in [6.07, 6.45) is 0.776. The molecule has 0 saturated carbocycles. The van der Waals surface area contributed by atoms with Crippen LogP contribution in [0.2, 0.25) is 10.0 Å². The molecule has 5 nitrogen and oxygen atoms in total. The van der Waals surface area contributed by atoms with Gasteiger partial charge in [0.15, 0.2) is 0 Å². The Bertz CT molecular complexity index is 831. The summed E-state index contributed by atoms with van der Waals surface area (Å²) in [7, 11) is -0.358. The molecule has 0 unspecified atom stereocenters. The fourth-order valence-electron chi connectivity index (χ4n) is 2.55. The summed E-state index contributed by atoms with van der Waals surface area (Å²) in [5, 5.41) is 4.85. The van der Waals surface area contributed by atoms with Crippen molar-refractivity contribution in [1.29, 1.82) is 0 Å². The maximum Gasteiger partial charge on any atom is 0.244 e. The second-order valence-electron chi connectivity index (χ2n) is 5.32. The van der Waals surface area contributed by atoms with Gasteiger partial charge in [0.1, 0.15) is 4.90 Å². The lowest BCUT2D eigenvalue weighted by atomic mass is 10.1. The number of nitrogens with zero attached hydrogens (tertiary/aromatic N) is 3. The van der Waals surface area contributed by atoms with Crippen molar-refractivity contribution < 1.29 is 8.42 Å². The number of aryl methyl sites for hydroxylation is 2. The van der Waals surface area contributed by atoms with Crippen LogP contribution in [-0.4, -0.2) is 29.6 Å². The van der Waals surface area contributed by atoms with Gasteiger partial charge in [-0.1, -0.05) is 30.1 Å². The average Bonchev–Trinajstić information content (AvgIpc) is 2.75. The Hall–Kier alpha value is -1.08. The van der Waals surface area contributed by atoms with Crippen LogP contribution < -0.4 is 0 Å². The Morgan fingerprint density at radius 3 is 2.57 bits per heavy atom. The number of sulfonamides is 1. The quantitative estimate of drug-likeness (QED) is 0.804. The van der Waals surface area contributed by atoms with E-state index in [1.54, 1.807) is 10.7 Å². The molecule has 0 radical (unpaired) electrons. The first-order valence-corrected chi connectivity index (χ1v) is 9.30. The van der Waals surface area contributed by atoms with E-state index in [0.29, 0.717) is 5.02 Å². The molecule has 2 aromatic rings. The van der Waals surface area contributed by atoms with Gasteiger partial charge >= 0.3 is 0 Å². The predicted molar refractivity (Wildman–Crippen MR) is 92.4 cm³/mol. The smallest absolute Gasteiger partial charge is 0.244 e. The summed E-state index contributed by atoms with van der Waals surface area (Å²) >= 11 is 11.9. The van der Waals surface area contributed by atoms with E-state index in [4.69, 9.17) is 23.2 Å². The number of aromatic nitrogens is 2. The zero-order valence-corrected chi connectivity index (χ0v) is 15.8. The highest BCUT2D eigenvalue weighted by atomic mass is 35.5. The molecule has 8 heteroatoms. The van der Waals surface area contributed by atoms with Gasteiger partial charge in [0.25, 0.3) is 0 Å². The first kappa shape index (κ1) is 18.3. The molecular weight excluding hydrogens is 357 g/mol. The van der Waals surface area contributed by atoms with Gasteiger partial charge in [-0.05, 0) is 31.5 Å². The number of benzene rings is 1. The summed E-state index contributed by atoms with van der Waals surface area (Å²) in [5.74, 6) is 0. The maximum atomic E-state index is 12.8. The van der Waals surface area contributed by atoms with E-state index in [1.165, 1.54) is 23.5 Å². The Morgan fingerprint density at radius 1 is 1.30 bits per heavy atom. The van der Waals surface area contributed by atoms with Gasteiger partial charge in [-0.3, -0.25) is 4.68 Å². The minimum atomic E-state index is -3.74. The molecule has 0 spiro atoms. The molecule has 0 bridgehead atoms. The molecule has 1 aromatic carbocycles. The molecule has 23 heavy (non-hydrogen) atoms. The maximum absolute atomic E-state index is 12.8. The summed E-state index contributed by atoms with van der Waals surface area (Å²) in [5.41, 5.74) is 2.75. The van der Waals surface area contributed by atoms with Crippen LogP contribution in [0, 0.1) is 6.92 Å². The monoisotopic (exact) mass is 375 g/mol. The lowest BCUT2D eigenvalue weighted by Crippen LogP contribution is -2.27. The highest BCUT2D eigenvalue weighted by molar-refractivity contribution is 7.89. The third kappa shape index (κ3) is 3.55. The molecule has 0 saturated heterocycles. The first-order valence-electron chi connectivity index (χ1n) is 7.11. The van der Waals surface area contributed by atoms with Crippen molar-refractivity contribution in [3.8, 4) is 0 Å². The van der Waals surface area contributed by atoms with Gasteiger partial charge in [0.05, 0.1) is 10.7 Å². The highest BCUT2D eigenvalue weighted by Crippen LogP contribution is 2.28. The lowest BCUT2D eigenvalue weighted by molar-refractivity contribution is 0.464. The van der Waals surface area contributed by atoms with Crippen molar-refractivity contribution in [3.05, 3.63) is 45.2 Å². The van der Waals surface area contributed by atoms with Crippen LogP contribution in [0.15, 0.2) is 23.1 Å². The second-order valence-corrected chi connectivity index (χ2v) is 8.18. The third-order valence-electron chi connectivity index (χ3n) is 3.77. The van der Waals surface area contributed by atoms with Gasteiger partial charge < -0.3 is 0 Å². The molecule has 0 atom stereocenters. The Kier molecular flexibility index (Phi) is 5.41. The molecule has 1 heterocycles. The van der Waals surface area contributed by atoms with Gasteiger partial charge in [0.2, 0.25) is 10.0 Å². The molecule has 0 amide bonds. The topological polar surface area (TPSA) is 55.2 Å². The average molecular weight is 376 g/mol. The van der Waals surface area contributed by atoms with Gasteiger partial charge in [-0.2, -0.15) is 9.40 Å². The summed E-state index contributed by atoms with van der Waals surface area (Å²) < 4.78 is 28.6. The van der Waals surface area contributed by atoms with Gasteiger partial charge in [0, 0.05) is 36.9 Å². The first-order chi connectivity index (χ1) is 10.7.